The molecule has 0 spiro atoms. The van der Waals surface area contributed by atoms with E-state index >= 15 is 0 Å². The van der Waals surface area contributed by atoms with Gasteiger partial charge < -0.3 is 9.84 Å². The van der Waals surface area contributed by atoms with Crippen molar-refractivity contribution in [3.8, 4) is 5.75 Å². The van der Waals surface area contributed by atoms with Gasteiger partial charge in [-0.1, -0.05) is 19.3 Å². The first kappa shape index (κ1) is 15.8. The minimum absolute atomic E-state index is 0.0107. The largest absolute Gasteiger partial charge is 0.495 e. The predicted molar refractivity (Wildman–Crippen MR) is 77.1 cm³/mol. The third-order valence-corrected chi connectivity index (χ3v) is 5.19. The van der Waals surface area contributed by atoms with Crippen LogP contribution in [0, 0.1) is 0 Å². The van der Waals surface area contributed by atoms with Gasteiger partial charge in [-0.2, -0.15) is 0 Å². The van der Waals surface area contributed by atoms with Gasteiger partial charge in [0.25, 0.3) is 0 Å². The number of benzene rings is 1. The van der Waals surface area contributed by atoms with Gasteiger partial charge in [0, 0.05) is 6.04 Å². The standard InChI is InChI=1S/C14H19NO5S/c1-20-12-9-10(14(16)17)7-8-13(12)21(18,19)15-11-5-3-2-4-6-11/h7-9,11,15H,2-6H2,1H3,(H,16,17). The number of sulfonamides is 1. The van der Waals surface area contributed by atoms with Crippen LogP contribution >= 0.6 is 0 Å². The summed E-state index contributed by atoms with van der Waals surface area (Å²) in [4.78, 5) is 10.9. The molecule has 1 aromatic rings. The van der Waals surface area contributed by atoms with Crippen LogP contribution in [0.3, 0.4) is 0 Å². The van der Waals surface area contributed by atoms with Gasteiger partial charge in [0.2, 0.25) is 10.0 Å². The van der Waals surface area contributed by atoms with Crippen molar-refractivity contribution in [3.63, 3.8) is 0 Å². The van der Waals surface area contributed by atoms with Crippen molar-refractivity contribution in [2.24, 2.45) is 0 Å². The van der Waals surface area contributed by atoms with Gasteiger partial charge in [0.05, 0.1) is 12.7 Å². The maximum absolute atomic E-state index is 12.4. The van der Waals surface area contributed by atoms with Crippen LogP contribution in [-0.4, -0.2) is 32.6 Å². The zero-order chi connectivity index (χ0) is 15.5. The summed E-state index contributed by atoms with van der Waals surface area (Å²) in [5.74, 6) is -1.09. The first-order chi connectivity index (χ1) is 9.94. The monoisotopic (exact) mass is 313 g/mol. The van der Waals surface area contributed by atoms with E-state index in [1.54, 1.807) is 0 Å². The Kier molecular flexibility index (Phi) is 4.84. The molecule has 1 saturated carbocycles. The molecule has 0 aliphatic heterocycles. The predicted octanol–water partition coefficient (Wildman–Crippen LogP) is 2.00. The lowest BCUT2D eigenvalue weighted by molar-refractivity contribution is 0.0696. The number of nitrogens with one attached hydrogen (secondary N) is 1. The molecule has 2 rings (SSSR count). The Labute approximate surface area is 124 Å². The van der Waals surface area contributed by atoms with Crippen LogP contribution in [0.15, 0.2) is 23.1 Å². The van der Waals surface area contributed by atoms with E-state index in [1.807, 2.05) is 0 Å². The average molecular weight is 313 g/mol. The fraction of sp³-hybridized carbons (Fsp3) is 0.500. The smallest absolute Gasteiger partial charge is 0.335 e. The molecular formula is C14H19NO5S. The molecule has 1 aromatic carbocycles. The first-order valence-corrected chi connectivity index (χ1v) is 8.36. The fourth-order valence-corrected chi connectivity index (χ4v) is 3.98. The normalized spacial score (nSPS) is 16.6. The molecule has 0 heterocycles. The van der Waals surface area contributed by atoms with E-state index in [4.69, 9.17) is 9.84 Å². The van der Waals surface area contributed by atoms with Crippen molar-refractivity contribution in [3.05, 3.63) is 23.8 Å². The fourth-order valence-electron chi connectivity index (χ4n) is 2.53. The lowest BCUT2D eigenvalue weighted by Gasteiger charge is -2.23. The van der Waals surface area contributed by atoms with Gasteiger partial charge >= 0.3 is 5.97 Å². The lowest BCUT2D eigenvalue weighted by Crippen LogP contribution is -2.36. The van der Waals surface area contributed by atoms with Crippen LogP contribution in [0.2, 0.25) is 0 Å². The highest BCUT2D eigenvalue weighted by atomic mass is 32.2. The highest BCUT2D eigenvalue weighted by Crippen LogP contribution is 2.27. The first-order valence-electron chi connectivity index (χ1n) is 6.87. The van der Waals surface area contributed by atoms with E-state index in [9.17, 15) is 13.2 Å². The number of carboxylic acids is 1. The second-order valence-electron chi connectivity index (χ2n) is 5.13. The van der Waals surface area contributed by atoms with Crippen LogP contribution in [0.1, 0.15) is 42.5 Å². The molecule has 21 heavy (non-hydrogen) atoms. The number of carboxylic acid groups (broad SMARTS) is 1. The summed E-state index contributed by atoms with van der Waals surface area (Å²) in [6.07, 6.45) is 4.82. The number of carbonyl (C=O) groups is 1. The third-order valence-electron chi connectivity index (χ3n) is 3.63. The van der Waals surface area contributed by atoms with Gasteiger partial charge in [0.15, 0.2) is 0 Å². The number of hydrogen-bond acceptors (Lipinski definition) is 4. The SMILES string of the molecule is COc1cc(C(=O)O)ccc1S(=O)(=O)NC1CCCCC1. The number of hydrogen-bond donors (Lipinski definition) is 2. The molecule has 0 amide bonds. The molecule has 1 fully saturated rings. The van der Waals surface area contributed by atoms with Crippen molar-refractivity contribution in [2.45, 2.75) is 43.0 Å². The molecule has 7 heteroatoms. The van der Waals surface area contributed by atoms with Crippen molar-refractivity contribution in [2.75, 3.05) is 7.11 Å². The number of aromatic carboxylic acids is 1. The molecule has 0 bridgehead atoms. The summed E-state index contributed by atoms with van der Waals surface area (Å²) in [5.41, 5.74) is -0.0107. The van der Waals surface area contributed by atoms with Crippen molar-refractivity contribution < 1.29 is 23.1 Å². The van der Waals surface area contributed by atoms with E-state index in [-0.39, 0.29) is 22.3 Å². The summed E-state index contributed by atoms with van der Waals surface area (Å²) in [6, 6.07) is 3.69. The molecule has 0 atom stereocenters. The lowest BCUT2D eigenvalue weighted by atomic mass is 9.96. The van der Waals surface area contributed by atoms with Crippen LogP contribution < -0.4 is 9.46 Å². The van der Waals surface area contributed by atoms with Gasteiger partial charge in [-0.15, -0.1) is 0 Å². The van der Waals surface area contributed by atoms with Gasteiger partial charge in [-0.05, 0) is 31.0 Å². The summed E-state index contributed by atoms with van der Waals surface area (Å²) < 4.78 is 32.6. The maximum Gasteiger partial charge on any atom is 0.335 e. The Bertz CT molecular complexity index is 620. The number of rotatable bonds is 5. The van der Waals surface area contributed by atoms with E-state index < -0.39 is 16.0 Å². The second-order valence-corrected chi connectivity index (χ2v) is 6.81. The highest BCUT2D eigenvalue weighted by molar-refractivity contribution is 7.89. The summed E-state index contributed by atoms with van der Waals surface area (Å²) in [6.45, 7) is 0. The summed E-state index contributed by atoms with van der Waals surface area (Å²) in [7, 11) is -2.39. The Hall–Kier alpha value is -1.60. The summed E-state index contributed by atoms with van der Waals surface area (Å²) in [5, 5.41) is 8.94. The molecule has 1 aliphatic carbocycles. The number of ether oxygens (including phenoxy) is 1. The second kappa shape index (κ2) is 6.44. The Morgan fingerprint density at radius 3 is 2.52 bits per heavy atom. The Morgan fingerprint density at radius 1 is 1.29 bits per heavy atom. The molecule has 0 saturated heterocycles. The van der Waals surface area contributed by atoms with Crippen LogP contribution in [0.25, 0.3) is 0 Å². The molecular weight excluding hydrogens is 294 g/mol. The zero-order valence-electron chi connectivity index (χ0n) is 11.8. The van der Waals surface area contributed by atoms with Crippen LogP contribution in [0.4, 0.5) is 0 Å². The van der Waals surface area contributed by atoms with Crippen molar-refractivity contribution >= 4 is 16.0 Å². The topological polar surface area (TPSA) is 92.7 Å². The highest BCUT2D eigenvalue weighted by Gasteiger charge is 2.25. The molecule has 2 N–H and O–H groups in total. The zero-order valence-corrected chi connectivity index (χ0v) is 12.6. The van der Waals surface area contributed by atoms with Gasteiger partial charge in [0.1, 0.15) is 10.6 Å². The quantitative estimate of drug-likeness (QED) is 0.867. The van der Waals surface area contributed by atoms with E-state index in [0.717, 1.165) is 32.1 Å². The van der Waals surface area contributed by atoms with Crippen LogP contribution in [0.5, 0.6) is 5.75 Å². The molecule has 1 aliphatic rings. The molecule has 0 aromatic heterocycles. The van der Waals surface area contributed by atoms with E-state index in [1.165, 1.54) is 25.3 Å². The third kappa shape index (κ3) is 3.74. The number of methoxy groups -OCH3 is 1. The van der Waals surface area contributed by atoms with E-state index in [0.29, 0.717) is 0 Å². The average Bonchev–Trinajstić information content (AvgIpc) is 2.47. The maximum atomic E-state index is 12.4. The Morgan fingerprint density at radius 2 is 1.95 bits per heavy atom. The van der Waals surface area contributed by atoms with E-state index in [2.05, 4.69) is 4.72 Å². The molecule has 6 nitrogen and oxygen atoms in total. The Balaban J connectivity index is 2.28. The molecule has 0 unspecified atom stereocenters. The van der Waals surface area contributed by atoms with Gasteiger partial charge in [-0.25, -0.2) is 17.9 Å². The summed E-state index contributed by atoms with van der Waals surface area (Å²) >= 11 is 0. The van der Waals surface area contributed by atoms with Crippen LogP contribution in [-0.2, 0) is 10.0 Å². The van der Waals surface area contributed by atoms with Crippen molar-refractivity contribution in [1.29, 1.82) is 0 Å². The minimum Gasteiger partial charge on any atom is -0.495 e. The molecule has 116 valence electrons. The van der Waals surface area contributed by atoms with Crippen molar-refractivity contribution in [1.82, 2.24) is 4.72 Å². The molecule has 0 radical (unpaired) electrons. The minimum atomic E-state index is -3.71. The van der Waals surface area contributed by atoms with Gasteiger partial charge in [-0.3, -0.25) is 0 Å².